The van der Waals surface area contributed by atoms with Crippen LogP contribution in [-0.4, -0.2) is 11.1 Å². The molecule has 2 rings (SSSR count). The van der Waals surface area contributed by atoms with Crippen molar-refractivity contribution in [2.75, 3.05) is 0 Å². The molecule has 2 nitrogen and oxygen atoms in total. The fraction of sp³-hybridized carbons (Fsp3) is 0.400. The number of pyridine rings is 1. The smallest absolute Gasteiger partial charge is 0.315 e. The van der Waals surface area contributed by atoms with Crippen molar-refractivity contribution in [1.29, 1.82) is 0 Å². The van der Waals surface area contributed by atoms with Crippen molar-refractivity contribution in [3.8, 4) is 0 Å². The third-order valence-electron chi connectivity index (χ3n) is 3.02. The quantitative estimate of drug-likeness (QED) is 0.821. The zero-order chi connectivity index (χ0) is 14.1. The van der Waals surface area contributed by atoms with Crippen LogP contribution in [0.25, 0.3) is 10.9 Å². The molecule has 1 aromatic carbocycles. The van der Waals surface area contributed by atoms with Gasteiger partial charge in [0.15, 0.2) is 0 Å². The summed E-state index contributed by atoms with van der Waals surface area (Å²) in [6.45, 7) is 4.24. The first kappa shape index (κ1) is 13.9. The van der Waals surface area contributed by atoms with Crippen LogP contribution in [0.15, 0.2) is 36.5 Å². The average molecular weight is 265 g/mol. The van der Waals surface area contributed by atoms with Gasteiger partial charge in [-0.05, 0) is 17.7 Å². The molecule has 0 aliphatic carbocycles. The number of benzene rings is 1. The maximum Gasteiger partial charge on any atom is 0.360 e. The van der Waals surface area contributed by atoms with Crippen LogP contribution in [-0.2, 0) is 11.3 Å². The molecule has 102 valence electrons. The van der Waals surface area contributed by atoms with Gasteiger partial charge in [-0.25, -0.2) is 0 Å². The Morgan fingerprint density at radius 1 is 1.11 bits per heavy atom. The molecule has 0 N–H and O–H groups in total. The molecule has 19 heavy (non-hydrogen) atoms. The average Bonchev–Trinajstić information content (AvgIpc) is 2.35. The number of rotatable bonds is 3. The number of aromatic nitrogens is 1. The van der Waals surface area contributed by atoms with E-state index in [2.05, 4.69) is 4.98 Å². The van der Waals surface area contributed by atoms with E-state index in [0.717, 1.165) is 16.5 Å². The highest BCUT2D eigenvalue weighted by molar-refractivity contribution is 5.81. The lowest BCUT2D eigenvalue weighted by Gasteiger charge is -2.29. The molecule has 4 heteroatoms. The molecule has 0 amide bonds. The van der Waals surface area contributed by atoms with Crippen LogP contribution in [0.1, 0.15) is 26.3 Å². The Morgan fingerprint density at radius 2 is 1.79 bits per heavy atom. The number of ether oxygens (including phenoxy) is 1. The summed E-state index contributed by atoms with van der Waals surface area (Å²) in [6.07, 6.45) is -1.56. The molecule has 2 aromatic rings. The summed E-state index contributed by atoms with van der Waals surface area (Å²) in [5, 5.41) is 0.842. The van der Waals surface area contributed by atoms with E-state index in [1.54, 1.807) is 12.3 Å². The van der Waals surface area contributed by atoms with Crippen LogP contribution >= 0.6 is 0 Å². The molecule has 0 saturated carbocycles. The highest BCUT2D eigenvalue weighted by atomic mass is 19.3. The van der Waals surface area contributed by atoms with E-state index in [0.29, 0.717) is 0 Å². The van der Waals surface area contributed by atoms with Crippen LogP contribution in [0.4, 0.5) is 8.78 Å². The van der Waals surface area contributed by atoms with Crippen molar-refractivity contribution in [1.82, 2.24) is 4.98 Å². The van der Waals surface area contributed by atoms with Gasteiger partial charge in [0.05, 0.1) is 17.5 Å². The number of hydrogen-bond donors (Lipinski definition) is 0. The zero-order valence-corrected chi connectivity index (χ0v) is 11.3. The molecule has 1 aromatic heterocycles. The van der Waals surface area contributed by atoms with Gasteiger partial charge in [0, 0.05) is 11.6 Å². The van der Waals surface area contributed by atoms with Gasteiger partial charge in [0.2, 0.25) is 0 Å². The van der Waals surface area contributed by atoms with E-state index < -0.39 is 11.5 Å². The van der Waals surface area contributed by atoms with E-state index in [-0.39, 0.29) is 6.61 Å². The van der Waals surface area contributed by atoms with Gasteiger partial charge < -0.3 is 4.74 Å². The second-order valence-electron chi connectivity index (χ2n) is 5.54. The van der Waals surface area contributed by atoms with E-state index in [4.69, 9.17) is 4.74 Å². The molecule has 0 bridgehead atoms. The first-order valence-electron chi connectivity index (χ1n) is 6.16. The third-order valence-corrected chi connectivity index (χ3v) is 3.02. The van der Waals surface area contributed by atoms with Crippen molar-refractivity contribution in [2.24, 2.45) is 5.41 Å². The van der Waals surface area contributed by atoms with E-state index in [1.807, 2.05) is 24.3 Å². The topological polar surface area (TPSA) is 22.1 Å². The number of fused-ring (bicyclic) bond motifs is 1. The summed E-state index contributed by atoms with van der Waals surface area (Å²) < 4.78 is 32.4. The Balaban J connectivity index is 2.23. The molecular weight excluding hydrogens is 248 g/mol. The van der Waals surface area contributed by atoms with Gasteiger partial charge in [-0.2, -0.15) is 8.78 Å². The van der Waals surface area contributed by atoms with E-state index in [9.17, 15) is 8.78 Å². The summed E-state index contributed by atoms with van der Waals surface area (Å²) in [5.41, 5.74) is 0.271. The van der Waals surface area contributed by atoms with Gasteiger partial charge in [-0.15, -0.1) is 0 Å². The summed E-state index contributed by atoms with van der Waals surface area (Å²) in [4.78, 5) is 4.19. The maximum atomic E-state index is 13.8. The van der Waals surface area contributed by atoms with Gasteiger partial charge in [0.25, 0.3) is 0 Å². The zero-order valence-electron chi connectivity index (χ0n) is 11.3. The summed E-state index contributed by atoms with van der Waals surface area (Å²) >= 11 is 0. The molecule has 0 aliphatic rings. The molecule has 0 spiro atoms. The Kier molecular flexibility index (Phi) is 3.54. The van der Waals surface area contributed by atoms with E-state index in [1.165, 1.54) is 20.8 Å². The molecule has 0 aliphatic heterocycles. The number of alkyl halides is 2. The minimum Gasteiger partial charge on any atom is -0.315 e. The van der Waals surface area contributed by atoms with Crippen LogP contribution in [0, 0.1) is 5.41 Å². The number of hydrogen-bond acceptors (Lipinski definition) is 2. The maximum absolute atomic E-state index is 13.8. The molecule has 0 unspecified atom stereocenters. The van der Waals surface area contributed by atoms with Crippen LogP contribution in [0.2, 0.25) is 0 Å². The van der Waals surface area contributed by atoms with Crippen LogP contribution in [0.3, 0.4) is 0 Å². The Morgan fingerprint density at radius 3 is 2.47 bits per heavy atom. The summed E-state index contributed by atoms with van der Waals surface area (Å²) in [6, 6.07) is 9.14. The normalized spacial score (nSPS) is 12.9. The number of para-hydroxylation sites is 1. The Bertz CT molecular complexity index is 570. The highest BCUT2D eigenvalue weighted by Gasteiger charge is 2.44. The fourth-order valence-electron chi connectivity index (χ4n) is 1.67. The Labute approximate surface area is 111 Å². The van der Waals surface area contributed by atoms with Crippen molar-refractivity contribution >= 4 is 10.9 Å². The monoisotopic (exact) mass is 265 g/mol. The SMILES string of the molecule is CC(C)(C)C(F)(F)OCc1ccnc2ccccc12. The van der Waals surface area contributed by atoms with Gasteiger partial charge in [0.1, 0.15) is 0 Å². The lowest BCUT2D eigenvalue weighted by molar-refractivity contribution is -0.300. The van der Waals surface area contributed by atoms with Gasteiger partial charge >= 0.3 is 6.11 Å². The highest BCUT2D eigenvalue weighted by Crippen LogP contribution is 2.37. The molecule has 0 radical (unpaired) electrons. The minimum absolute atomic E-state index is 0.132. The second kappa shape index (κ2) is 4.85. The summed E-state index contributed by atoms with van der Waals surface area (Å²) in [7, 11) is 0. The molecular formula is C15H17F2NO. The predicted octanol–water partition coefficient (Wildman–Crippen LogP) is 4.39. The van der Waals surface area contributed by atoms with Crippen molar-refractivity contribution in [3.63, 3.8) is 0 Å². The predicted molar refractivity (Wildman–Crippen MR) is 70.9 cm³/mol. The first-order valence-corrected chi connectivity index (χ1v) is 6.16. The van der Waals surface area contributed by atoms with Crippen molar-refractivity contribution < 1.29 is 13.5 Å². The van der Waals surface area contributed by atoms with Gasteiger partial charge in [-0.1, -0.05) is 39.0 Å². The second-order valence-corrected chi connectivity index (χ2v) is 5.54. The largest absolute Gasteiger partial charge is 0.360 e. The third kappa shape index (κ3) is 2.89. The summed E-state index contributed by atoms with van der Waals surface area (Å²) in [5.74, 6) is 0. The van der Waals surface area contributed by atoms with Crippen LogP contribution in [0.5, 0.6) is 0 Å². The molecule has 1 heterocycles. The lowest BCUT2D eigenvalue weighted by atomic mass is 9.95. The fourth-order valence-corrected chi connectivity index (χ4v) is 1.67. The molecule has 0 saturated heterocycles. The van der Waals surface area contributed by atoms with Gasteiger partial charge in [-0.3, -0.25) is 4.98 Å². The Hall–Kier alpha value is -1.55. The lowest BCUT2D eigenvalue weighted by Crippen LogP contribution is -2.36. The van der Waals surface area contributed by atoms with E-state index >= 15 is 0 Å². The van der Waals surface area contributed by atoms with Crippen molar-refractivity contribution in [3.05, 3.63) is 42.1 Å². The standard InChI is InChI=1S/C15H17F2NO/c1-14(2,3)15(16,17)19-10-11-8-9-18-13-7-5-4-6-12(11)13/h4-9H,10H2,1-3H3. The molecule has 0 fully saturated rings. The first-order chi connectivity index (χ1) is 8.81. The minimum atomic E-state index is -3.17. The number of halogens is 2. The van der Waals surface area contributed by atoms with Crippen molar-refractivity contribution in [2.45, 2.75) is 33.5 Å². The molecule has 0 atom stereocenters. The number of nitrogens with zero attached hydrogens (tertiary/aromatic N) is 1. The van der Waals surface area contributed by atoms with Crippen LogP contribution < -0.4 is 0 Å².